The molecule has 5 aliphatic rings. The van der Waals surface area contributed by atoms with Crippen molar-refractivity contribution in [3.8, 4) is 0 Å². The van der Waals surface area contributed by atoms with Crippen LogP contribution in [0.15, 0.2) is 24.3 Å². The molecule has 14 nitrogen and oxygen atoms in total. The van der Waals surface area contributed by atoms with Crippen molar-refractivity contribution in [1.82, 2.24) is 10.2 Å². The van der Waals surface area contributed by atoms with Gasteiger partial charge in [0.2, 0.25) is 0 Å². The van der Waals surface area contributed by atoms with E-state index < -0.39 is 23.4 Å². The van der Waals surface area contributed by atoms with Crippen molar-refractivity contribution < 1.29 is 57.2 Å². The fourth-order valence-electron chi connectivity index (χ4n) is 10.8. The fourth-order valence-corrected chi connectivity index (χ4v) is 10.8. The molecule has 1 heterocycles. The fraction of sp³-hybridized carbons (Fsp3) is 0.815. The van der Waals surface area contributed by atoms with Crippen LogP contribution in [-0.2, 0) is 52.4 Å². The Labute approximate surface area is 408 Å². The first kappa shape index (κ1) is 56.6. The molecule has 0 unspecified atom stereocenters. The van der Waals surface area contributed by atoms with Gasteiger partial charge in [-0.05, 0) is 165 Å². The summed E-state index contributed by atoms with van der Waals surface area (Å²) in [5.74, 6) is 0.135. The summed E-state index contributed by atoms with van der Waals surface area (Å²) in [5.41, 5.74) is -1.44. The Balaban J connectivity index is 1.30. The van der Waals surface area contributed by atoms with Crippen molar-refractivity contribution >= 4 is 35.9 Å². The number of unbranched alkanes of at least 4 members (excludes halogenated alkanes) is 8. The molecule has 0 spiro atoms. The number of amides is 1. The Kier molecular flexibility index (Phi) is 27.3. The zero-order valence-corrected chi connectivity index (χ0v) is 42.1. The zero-order chi connectivity index (χ0) is 48.7. The van der Waals surface area contributed by atoms with Gasteiger partial charge in [-0.15, -0.1) is 0 Å². The lowest BCUT2D eigenvalue weighted by atomic mass is 9.49. The average molecular weight is 957 g/mol. The van der Waals surface area contributed by atoms with Crippen LogP contribution in [0.1, 0.15) is 187 Å². The van der Waals surface area contributed by atoms with E-state index in [0.717, 1.165) is 96.6 Å². The summed E-state index contributed by atoms with van der Waals surface area (Å²) in [4.78, 5) is 80.1. The van der Waals surface area contributed by atoms with E-state index in [9.17, 15) is 28.8 Å². The Morgan fingerprint density at radius 2 is 0.956 bits per heavy atom. The number of alkyl carbamates (subject to hydrolysis) is 1. The number of carbonyl (C=O) groups is 6. The Morgan fingerprint density at radius 3 is 1.41 bits per heavy atom. The molecule has 5 fully saturated rings. The van der Waals surface area contributed by atoms with Crippen molar-refractivity contribution in [3.05, 3.63) is 24.3 Å². The van der Waals surface area contributed by atoms with Gasteiger partial charge < -0.3 is 38.6 Å². The summed E-state index contributed by atoms with van der Waals surface area (Å²) >= 11 is 0. The van der Waals surface area contributed by atoms with Gasteiger partial charge >= 0.3 is 35.9 Å². The second-order valence-corrected chi connectivity index (χ2v) is 20.4. The van der Waals surface area contributed by atoms with Gasteiger partial charge in [-0.3, -0.25) is 24.0 Å². The summed E-state index contributed by atoms with van der Waals surface area (Å²) < 4.78 is 34.2. The molecule has 1 aliphatic heterocycles. The number of likely N-dealkylation sites (tertiary alicyclic amines) is 1. The second kappa shape index (κ2) is 32.8. The average Bonchev–Trinajstić information content (AvgIpc) is 3.83. The number of allylic oxidation sites excluding steroid dienone is 4. The van der Waals surface area contributed by atoms with E-state index in [0.29, 0.717) is 89.0 Å². The molecule has 1 saturated heterocycles. The monoisotopic (exact) mass is 957 g/mol. The predicted octanol–water partition coefficient (Wildman–Crippen LogP) is 10.3. The molecule has 0 aromatic rings. The van der Waals surface area contributed by atoms with Crippen LogP contribution >= 0.6 is 0 Å². The maximum Gasteiger partial charge on any atom is 0.407 e. The van der Waals surface area contributed by atoms with Crippen LogP contribution < -0.4 is 5.32 Å². The largest absolute Gasteiger partial charge is 0.466 e. The molecule has 5 rings (SSSR count). The smallest absolute Gasteiger partial charge is 0.407 e. The van der Waals surface area contributed by atoms with Crippen molar-refractivity contribution in [2.75, 3.05) is 65.8 Å². The molecule has 4 bridgehead atoms. The van der Waals surface area contributed by atoms with E-state index in [1.807, 2.05) is 0 Å². The first-order valence-corrected chi connectivity index (χ1v) is 26.7. The van der Waals surface area contributed by atoms with Crippen molar-refractivity contribution in [2.24, 2.45) is 28.6 Å². The first-order valence-electron chi connectivity index (χ1n) is 26.7. The molecule has 0 aromatic heterocycles. The van der Waals surface area contributed by atoms with Gasteiger partial charge in [0.05, 0.1) is 19.6 Å². The number of esters is 5. The topological polar surface area (TPSA) is 173 Å². The highest BCUT2D eigenvalue weighted by Gasteiger charge is 2.52. The highest BCUT2D eigenvalue weighted by Crippen LogP contribution is 2.61. The molecule has 0 atom stereocenters. The van der Waals surface area contributed by atoms with Crippen molar-refractivity contribution in [3.63, 3.8) is 0 Å². The van der Waals surface area contributed by atoms with Crippen LogP contribution in [0.25, 0.3) is 0 Å². The minimum atomic E-state index is -1.37. The first-order chi connectivity index (χ1) is 33.0. The molecule has 0 radical (unpaired) electrons. The summed E-state index contributed by atoms with van der Waals surface area (Å²) in [6, 6.07) is 0. The lowest BCUT2D eigenvalue weighted by molar-refractivity contribution is -0.168. The van der Waals surface area contributed by atoms with E-state index in [2.05, 4.69) is 48.4 Å². The molecule has 68 heavy (non-hydrogen) atoms. The van der Waals surface area contributed by atoms with E-state index in [-0.39, 0.29) is 75.4 Å². The third kappa shape index (κ3) is 23.6. The Bertz CT molecular complexity index is 1470. The Hall–Kier alpha value is -3.94. The highest BCUT2D eigenvalue weighted by atomic mass is 16.6. The van der Waals surface area contributed by atoms with Gasteiger partial charge in [-0.1, -0.05) is 51.0 Å². The Morgan fingerprint density at radius 1 is 0.529 bits per heavy atom. The standard InChI is InChI=1S/C54H88N2O12/c1-3-5-7-9-11-21-31-63-47(57)23-15-13-17-25-49(59)65-40-54(43-68-52(62)55-27-30-56-28-19-20-29-56,42-67-51(61)39-53-36-44-33-45(37-53)35-46(34-44)38-53)41-66-50(60)26-18-14-16-24-48(58)64-32-22-12-10-8-6-4-2/h5-8,44-46H,3-4,9-43H2,1-2H3,(H,55,62)/b7-5-,8-6-. The zero-order valence-electron chi connectivity index (χ0n) is 42.1. The van der Waals surface area contributed by atoms with Crippen molar-refractivity contribution in [1.29, 1.82) is 0 Å². The molecule has 14 heteroatoms. The maximum atomic E-state index is 13.8. The van der Waals surface area contributed by atoms with Crippen LogP contribution in [-0.4, -0.2) is 107 Å². The van der Waals surface area contributed by atoms with Crippen LogP contribution in [0, 0.1) is 28.6 Å². The molecule has 0 aromatic carbocycles. The van der Waals surface area contributed by atoms with Gasteiger partial charge in [0.1, 0.15) is 31.8 Å². The van der Waals surface area contributed by atoms with Gasteiger partial charge in [0.25, 0.3) is 0 Å². The lowest BCUT2D eigenvalue weighted by Gasteiger charge is -2.56. The SMILES string of the molecule is CC/C=C\CCCCOC(=O)CCCCCC(=O)OCC(COC(=O)CCCCCC(=O)OCCCC/C=C\CC)(COC(=O)CC12CC3CC(CC(C3)C1)C2)COC(=O)NCCN1CCCC1. The molecule has 1 amide bonds. The molecular weight excluding hydrogens is 869 g/mol. The van der Waals surface area contributed by atoms with Crippen LogP contribution in [0.2, 0.25) is 0 Å². The third-order valence-corrected chi connectivity index (χ3v) is 14.1. The summed E-state index contributed by atoms with van der Waals surface area (Å²) in [7, 11) is 0. The van der Waals surface area contributed by atoms with Gasteiger partial charge in [-0.25, -0.2) is 4.79 Å². The van der Waals surface area contributed by atoms with Crippen LogP contribution in [0.5, 0.6) is 0 Å². The highest BCUT2D eigenvalue weighted by molar-refractivity contribution is 5.72. The number of nitrogens with one attached hydrogen (secondary N) is 1. The van der Waals surface area contributed by atoms with Gasteiger partial charge in [0.15, 0.2) is 0 Å². The van der Waals surface area contributed by atoms with E-state index in [1.54, 1.807) is 0 Å². The molecule has 1 N–H and O–H groups in total. The number of ether oxygens (including phenoxy) is 6. The number of rotatable bonds is 37. The van der Waals surface area contributed by atoms with Gasteiger partial charge in [0, 0.05) is 38.8 Å². The minimum Gasteiger partial charge on any atom is -0.466 e. The molecule has 386 valence electrons. The minimum absolute atomic E-state index is 0.0654. The number of hydrogen-bond donors (Lipinski definition) is 1. The number of carbonyl (C=O) groups excluding carboxylic acids is 6. The normalized spacial score (nSPS) is 21.0. The van der Waals surface area contributed by atoms with Crippen molar-refractivity contribution in [2.45, 2.75) is 187 Å². The second-order valence-electron chi connectivity index (χ2n) is 20.4. The van der Waals surface area contributed by atoms with Crippen LogP contribution in [0.4, 0.5) is 4.79 Å². The molecular formula is C54H88N2O12. The van der Waals surface area contributed by atoms with E-state index in [4.69, 9.17) is 28.4 Å². The maximum absolute atomic E-state index is 13.8. The van der Waals surface area contributed by atoms with E-state index >= 15 is 0 Å². The summed E-state index contributed by atoms with van der Waals surface area (Å²) in [6.07, 6.45) is 29.0. The number of hydrogen-bond acceptors (Lipinski definition) is 13. The van der Waals surface area contributed by atoms with Crippen LogP contribution in [0.3, 0.4) is 0 Å². The lowest BCUT2D eigenvalue weighted by Crippen LogP contribution is -2.48. The van der Waals surface area contributed by atoms with E-state index in [1.165, 1.54) is 19.3 Å². The predicted molar refractivity (Wildman–Crippen MR) is 260 cm³/mol. The summed E-state index contributed by atoms with van der Waals surface area (Å²) in [5, 5.41) is 2.81. The number of nitrogens with zero attached hydrogens (tertiary/aromatic N) is 1. The molecule has 4 aliphatic carbocycles. The quantitative estimate of drug-likeness (QED) is 0.0270. The van der Waals surface area contributed by atoms with Gasteiger partial charge in [-0.2, -0.15) is 0 Å². The summed E-state index contributed by atoms with van der Waals surface area (Å²) in [6.45, 7) is 6.80. The third-order valence-electron chi connectivity index (χ3n) is 14.1. The molecule has 4 saturated carbocycles.